The molecule has 1 heterocycles. The second kappa shape index (κ2) is 5.07. The summed E-state index contributed by atoms with van der Waals surface area (Å²) < 4.78 is 14.9. The van der Waals surface area contributed by atoms with Gasteiger partial charge in [-0.2, -0.15) is 5.10 Å². The maximum absolute atomic E-state index is 13.1. The number of nitrogens with one attached hydrogen (secondary N) is 1. The summed E-state index contributed by atoms with van der Waals surface area (Å²) in [5.74, 6) is 5.25. The zero-order chi connectivity index (χ0) is 12.3. The number of halogens is 1. The molecule has 0 bridgehead atoms. The molecule has 5 heteroatoms. The van der Waals surface area contributed by atoms with Gasteiger partial charge in [0.25, 0.3) is 0 Å². The van der Waals surface area contributed by atoms with E-state index >= 15 is 0 Å². The predicted molar refractivity (Wildman–Crippen MR) is 63.4 cm³/mol. The minimum atomic E-state index is -0.256. The summed E-state index contributed by atoms with van der Waals surface area (Å²) in [6, 6.07) is 6.32. The summed E-state index contributed by atoms with van der Waals surface area (Å²) in [5, 5.41) is 4.09. The van der Waals surface area contributed by atoms with Crippen molar-refractivity contribution in [1.29, 1.82) is 0 Å². The molecule has 1 unspecified atom stereocenters. The number of aryl methyl sites for hydroxylation is 1. The van der Waals surface area contributed by atoms with Crippen LogP contribution in [0.4, 0.5) is 4.39 Å². The van der Waals surface area contributed by atoms with E-state index in [4.69, 9.17) is 5.84 Å². The van der Waals surface area contributed by atoms with Crippen molar-refractivity contribution in [3.05, 3.63) is 53.6 Å². The summed E-state index contributed by atoms with van der Waals surface area (Å²) in [7, 11) is 1.86. The van der Waals surface area contributed by atoms with Gasteiger partial charge in [-0.05, 0) is 29.7 Å². The van der Waals surface area contributed by atoms with Crippen LogP contribution in [0.15, 0.2) is 36.7 Å². The summed E-state index contributed by atoms with van der Waals surface area (Å²) in [6.07, 6.45) is 4.38. The highest BCUT2D eigenvalue weighted by molar-refractivity contribution is 5.22. The molecule has 0 saturated carbocycles. The van der Waals surface area contributed by atoms with Crippen molar-refractivity contribution in [2.75, 3.05) is 0 Å². The monoisotopic (exact) mass is 234 g/mol. The zero-order valence-electron chi connectivity index (χ0n) is 9.60. The second-order valence-corrected chi connectivity index (χ2v) is 4.00. The molecule has 0 saturated heterocycles. The molecule has 0 aliphatic heterocycles. The Balaban J connectivity index is 2.16. The Kier molecular flexibility index (Phi) is 3.51. The van der Waals surface area contributed by atoms with Crippen LogP contribution in [0.3, 0.4) is 0 Å². The van der Waals surface area contributed by atoms with Crippen molar-refractivity contribution >= 4 is 0 Å². The van der Waals surface area contributed by atoms with Crippen LogP contribution in [-0.4, -0.2) is 9.78 Å². The third-order valence-electron chi connectivity index (χ3n) is 2.65. The molecule has 0 aliphatic carbocycles. The van der Waals surface area contributed by atoms with Crippen molar-refractivity contribution in [2.45, 2.75) is 12.5 Å². The van der Waals surface area contributed by atoms with Gasteiger partial charge in [0, 0.05) is 13.2 Å². The van der Waals surface area contributed by atoms with Gasteiger partial charge in [-0.3, -0.25) is 16.0 Å². The smallest absolute Gasteiger partial charge is 0.123 e. The van der Waals surface area contributed by atoms with E-state index < -0.39 is 0 Å². The molecule has 0 radical (unpaired) electrons. The van der Waals surface area contributed by atoms with Crippen LogP contribution in [0.5, 0.6) is 0 Å². The van der Waals surface area contributed by atoms with Crippen LogP contribution >= 0.6 is 0 Å². The molecule has 1 atom stereocenters. The van der Waals surface area contributed by atoms with E-state index in [-0.39, 0.29) is 11.9 Å². The fourth-order valence-electron chi connectivity index (χ4n) is 1.81. The maximum atomic E-state index is 13.1. The van der Waals surface area contributed by atoms with Crippen LogP contribution in [0.25, 0.3) is 0 Å². The van der Waals surface area contributed by atoms with Crippen LogP contribution in [0, 0.1) is 5.82 Å². The largest absolute Gasteiger partial charge is 0.276 e. The average Bonchev–Trinajstić information content (AvgIpc) is 2.72. The van der Waals surface area contributed by atoms with E-state index in [9.17, 15) is 4.39 Å². The first-order chi connectivity index (χ1) is 8.19. The number of aromatic nitrogens is 2. The van der Waals surface area contributed by atoms with Crippen molar-refractivity contribution < 1.29 is 4.39 Å². The number of nitrogens with two attached hydrogens (primary N) is 1. The second-order valence-electron chi connectivity index (χ2n) is 4.00. The number of hydrogen-bond acceptors (Lipinski definition) is 3. The quantitative estimate of drug-likeness (QED) is 0.619. The van der Waals surface area contributed by atoms with E-state index in [0.717, 1.165) is 11.1 Å². The number of hydrogen-bond donors (Lipinski definition) is 2. The van der Waals surface area contributed by atoms with Gasteiger partial charge in [-0.25, -0.2) is 4.39 Å². The van der Waals surface area contributed by atoms with Gasteiger partial charge >= 0.3 is 0 Å². The normalized spacial score (nSPS) is 12.6. The number of rotatable bonds is 4. The summed E-state index contributed by atoms with van der Waals surface area (Å²) >= 11 is 0. The third-order valence-corrected chi connectivity index (χ3v) is 2.65. The van der Waals surface area contributed by atoms with Crippen LogP contribution in [0.1, 0.15) is 17.2 Å². The summed E-state index contributed by atoms with van der Waals surface area (Å²) in [4.78, 5) is 0. The van der Waals surface area contributed by atoms with Gasteiger partial charge in [0.05, 0.1) is 12.2 Å². The molecular weight excluding hydrogens is 219 g/mol. The Hall–Kier alpha value is -1.72. The van der Waals surface area contributed by atoms with E-state index in [1.807, 2.05) is 19.3 Å². The van der Waals surface area contributed by atoms with Gasteiger partial charge < -0.3 is 0 Å². The Morgan fingerprint density at radius 1 is 1.53 bits per heavy atom. The lowest BCUT2D eigenvalue weighted by Gasteiger charge is -2.15. The van der Waals surface area contributed by atoms with Crippen molar-refractivity contribution in [3.63, 3.8) is 0 Å². The minimum absolute atomic E-state index is 0.116. The molecule has 1 aromatic heterocycles. The Labute approximate surface area is 99.2 Å². The first-order valence-corrected chi connectivity index (χ1v) is 5.38. The summed E-state index contributed by atoms with van der Waals surface area (Å²) in [5.41, 5.74) is 4.58. The fraction of sp³-hybridized carbons (Fsp3) is 0.250. The molecule has 0 fully saturated rings. The summed E-state index contributed by atoms with van der Waals surface area (Å²) in [6.45, 7) is 0. The molecule has 3 N–H and O–H groups in total. The molecule has 1 aromatic carbocycles. The highest BCUT2D eigenvalue weighted by Crippen LogP contribution is 2.18. The van der Waals surface area contributed by atoms with Crippen molar-refractivity contribution in [3.8, 4) is 0 Å². The molecular formula is C12H15FN4. The molecule has 2 rings (SSSR count). The van der Waals surface area contributed by atoms with Gasteiger partial charge in [0.2, 0.25) is 0 Å². The lowest BCUT2D eigenvalue weighted by atomic mass is 10.0. The standard InChI is InChI=1S/C12H15FN4/c1-17-8-9(7-15-17)5-12(16-14)10-3-2-4-11(13)6-10/h2-4,6-8,12,16H,5,14H2,1H3. The topological polar surface area (TPSA) is 55.9 Å². The lowest BCUT2D eigenvalue weighted by molar-refractivity contribution is 0.544. The number of benzene rings is 1. The van der Waals surface area contributed by atoms with Gasteiger partial charge in [0.15, 0.2) is 0 Å². The van der Waals surface area contributed by atoms with Crippen LogP contribution in [0.2, 0.25) is 0 Å². The van der Waals surface area contributed by atoms with E-state index in [2.05, 4.69) is 10.5 Å². The molecule has 0 aliphatic rings. The Morgan fingerprint density at radius 2 is 2.35 bits per heavy atom. The van der Waals surface area contributed by atoms with Crippen LogP contribution < -0.4 is 11.3 Å². The van der Waals surface area contributed by atoms with Crippen LogP contribution in [-0.2, 0) is 13.5 Å². The molecule has 0 spiro atoms. The van der Waals surface area contributed by atoms with Gasteiger partial charge in [0.1, 0.15) is 5.82 Å². The third kappa shape index (κ3) is 2.89. The number of nitrogens with zero attached hydrogens (tertiary/aromatic N) is 2. The SMILES string of the molecule is Cn1cc(CC(NN)c2cccc(F)c2)cn1. The van der Waals surface area contributed by atoms with Crippen molar-refractivity contribution in [2.24, 2.45) is 12.9 Å². The minimum Gasteiger partial charge on any atom is -0.276 e. The molecule has 17 heavy (non-hydrogen) atoms. The molecule has 4 nitrogen and oxygen atoms in total. The Morgan fingerprint density at radius 3 is 2.94 bits per heavy atom. The highest BCUT2D eigenvalue weighted by Gasteiger charge is 2.12. The highest BCUT2D eigenvalue weighted by atomic mass is 19.1. The zero-order valence-corrected chi connectivity index (χ0v) is 9.60. The average molecular weight is 234 g/mol. The Bertz CT molecular complexity index is 495. The van der Waals surface area contributed by atoms with E-state index in [1.165, 1.54) is 12.1 Å². The van der Waals surface area contributed by atoms with Crippen molar-refractivity contribution in [1.82, 2.24) is 15.2 Å². The molecule has 90 valence electrons. The fourth-order valence-corrected chi connectivity index (χ4v) is 1.81. The molecule has 0 amide bonds. The molecule has 2 aromatic rings. The number of hydrazine groups is 1. The lowest BCUT2D eigenvalue weighted by Crippen LogP contribution is -2.29. The first-order valence-electron chi connectivity index (χ1n) is 5.38. The van der Waals surface area contributed by atoms with Gasteiger partial charge in [-0.15, -0.1) is 0 Å². The van der Waals surface area contributed by atoms with E-state index in [1.54, 1.807) is 16.9 Å². The van der Waals surface area contributed by atoms with E-state index in [0.29, 0.717) is 6.42 Å². The van der Waals surface area contributed by atoms with Gasteiger partial charge in [-0.1, -0.05) is 12.1 Å². The first kappa shape index (κ1) is 11.8. The predicted octanol–water partition coefficient (Wildman–Crippen LogP) is 1.31. The maximum Gasteiger partial charge on any atom is 0.123 e.